The molecular formula is C9H7ClN2O2. The maximum absolute atomic E-state index is 10.6. The third-order valence-corrected chi connectivity index (χ3v) is 2.10. The van der Waals surface area contributed by atoms with Gasteiger partial charge in [0.1, 0.15) is 0 Å². The zero-order valence-electron chi connectivity index (χ0n) is 7.12. The third kappa shape index (κ3) is 1.84. The molecule has 0 aliphatic heterocycles. The van der Waals surface area contributed by atoms with Crippen LogP contribution >= 0.6 is 11.6 Å². The van der Waals surface area contributed by atoms with Crippen molar-refractivity contribution < 1.29 is 9.90 Å². The van der Waals surface area contributed by atoms with E-state index >= 15 is 0 Å². The highest BCUT2D eigenvalue weighted by atomic mass is 35.5. The number of nitrogens with zero attached hydrogens (tertiary/aromatic N) is 1. The van der Waals surface area contributed by atoms with Gasteiger partial charge in [-0.2, -0.15) is 5.26 Å². The van der Waals surface area contributed by atoms with Crippen molar-refractivity contribution in [2.75, 3.05) is 0 Å². The minimum Gasteiger partial charge on any atom is -0.478 e. The summed E-state index contributed by atoms with van der Waals surface area (Å²) >= 11 is 5.76. The second-order valence-corrected chi connectivity index (χ2v) is 3.01. The molecule has 1 aromatic rings. The Kier molecular flexibility index (Phi) is 3.07. The second kappa shape index (κ2) is 4.09. The van der Waals surface area contributed by atoms with Gasteiger partial charge >= 0.3 is 5.97 Å². The van der Waals surface area contributed by atoms with E-state index in [2.05, 4.69) is 0 Å². The zero-order valence-corrected chi connectivity index (χ0v) is 7.88. The third-order valence-electron chi connectivity index (χ3n) is 1.77. The summed E-state index contributed by atoms with van der Waals surface area (Å²) in [6.07, 6.45) is 0. The number of hydrogen-bond donors (Lipinski definition) is 2. The maximum Gasteiger partial charge on any atom is 0.335 e. The standard InChI is InChI=1S/C9H7ClN2O2/c10-8-2-5(9(13)14)1-6(3-11)7(8)4-12/h1-2H,4,12H2,(H,13,14). The van der Waals surface area contributed by atoms with Crippen LogP contribution in [0.15, 0.2) is 12.1 Å². The van der Waals surface area contributed by atoms with Crippen molar-refractivity contribution in [1.29, 1.82) is 5.26 Å². The number of aromatic carboxylic acids is 1. The maximum atomic E-state index is 10.6. The van der Waals surface area contributed by atoms with Crippen LogP contribution in [0.4, 0.5) is 0 Å². The first-order chi connectivity index (χ1) is 6.60. The molecule has 1 aromatic carbocycles. The van der Waals surface area contributed by atoms with Crippen molar-refractivity contribution in [1.82, 2.24) is 0 Å². The number of halogens is 1. The summed E-state index contributed by atoms with van der Waals surface area (Å²) in [5, 5.41) is 17.6. The van der Waals surface area contributed by atoms with Gasteiger partial charge in [0.25, 0.3) is 0 Å². The number of hydrogen-bond acceptors (Lipinski definition) is 3. The molecule has 72 valence electrons. The first-order valence-electron chi connectivity index (χ1n) is 3.76. The van der Waals surface area contributed by atoms with Crippen LogP contribution in [0.1, 0.15) is 21.5 Å². The Morgan fingerprint density at radius 3 is 2.71 bits per heavy atom. The lowest BCUT2D eigenvalue weighted by Crippen LogP contribution is -2.04. The Labute approximate surface area is 85.5 Å². The smallest absolute Gasteiger partial charge is 0.335 e. The Bertz CT molecular complexity index is 424. The molecule has 3 N–H and O–H groups in total. The van der Waals surface area contributed by atoms with Crippen LogP contribution in [0.25, 0.3) is 0 Å². The van der Waals surface area contributed by atoms with E-state index in [4.69, 9.17) is 27.7 Å². The molecule has 0 aromatic heterocycles. The molecule has 0 fully saturated rings. The van der Waals surface area contributed by atoms with Gasteiger partial charge < -0.3 is 10.8 Å². The molecule has 0 saturated heterocycles. The van der Waals surface area contributed by atoms with E-state index in [-0.39, 0.29) is 22.7 Å². The van der Waals surface area contributed by atoms with Crippen molar-refractivity contribution in [3.8, 4) is 6.07 Å². The highest BCUT2D eigenvalue weighted by Crippen LogP contribution is 2.21. The molecule has 0 atom stereocenters. The van der Waals surface area contributed by atoms with Gasteiger partial charge in [-0.15, -0.1) is 0 Å². The quantitative estimate of drug-likeness (QED) is 0.772. The van der Waals surface area contributed by atoms with E-state index in [0.29, 0.717) is 5.56 Å². The summed E-state index contributed by atoms with van der Waals surface area (Å²) in [5.41, 5.74) is 6.04. The van der Waals surface area contributed by atoms with E-state index in [1.54, 1.807) is 0 Å². The van der Waals surface area contributed by atoms with Crippen molar-refractivity contribution in [3.05, 3.63) is 33.8 Å². The lowest BCUT2D eigenvalue weighted by Gasteiger charge is -2.04. The van der Waals surface area contributed by atoms with Crippen molar-refractivity contribution in [2.45, 2.75) is 6.54 Å². The predicted octanol–water partition coefficient (Wildman–Crippen LogP) is 1.37. The molecule has 0 aliphatic rings. The average Bonchev–Trinajstić information content (AvgIpc) is 2.16. The fraction of sp³-hybridized carbons (Fsp3) is 0.111. The van der Waals surface area contributed by atoms with Crippen LogP contribution in [0, 0.1) is 11.3 Å². The van der Waals surface area contributed by atoms with Gasteiger partial charge in [-0.05, 0) is 12.1 Å². The van der Waals surface area contributed by atoms with E-state index in [0.717, 1.165) is 0 Å². The molecule has 0 radical (unpaired) electrons. The summed E-state index contributed by atoms with van der Waals surface area (Å²) in [5.74, 6) is -1.12. The van der Waals surface area contributed by atoms with Gasteiger partial charge in [-0.1, -0.05) is 11.6 Å². The molecule has 0 heterocycles. The summed E-state index contributed by atoms with van der Waals surface area (Å²) in [6, 6.07) is 4.40. The number of benzene rings is 1. The van der Waals surface area contributed by atoms with E-state index in [1.165, 1.54) is 12.1 Å². The molecular weight excluding hydrogens is 204 g/mol. The van der Waals surface area contributed by atoms with Gasteiger partial charge in [-0.3, -0.25) is 0 Å². The molecule has 0 spiro atoms. The fourth-order valence-corrected chi connectivity index (χ4v) is 1.36. The lowest BCUT2D eigenvalue weighted by atomic mass is 10.0. The van der Waals surface area contributed by atoms with E-state index in [9.17, 15) is 4.79 Å². The molecule has 5 heteroatoms. The largest absolute Gasteiger partial charge is 0.478 e. The van der Waals surface area contributed by atoms with Gasteiger partial charge in [0.15, 0.2) is 0 Å². The summed E-state index contributed by atoms with van der Waals surface area (Å²) < 4.78 is 0. The van der Waals surface area contributed by atoms with Gasteiger partial charge in [0, 0.05) is 17.1 Å². The fourth-order valence-electron chi connectivity index (χ4n) is 1.07. The topological polar surface area (TPSA) is 87.1 Å². The van der Waals surface area contributed by atoms with Crippen molar-refractivity contribution >= 4 is 17.6 Å². The van der Waals surface area contributed by atoms with E-state index < -0.39 is 5.97 Å². The average molecular weight is 211 g/mol. The van der Waals surface area contributed by atoms with Gasteiger partial charge in [0.05, 0.1) is 17.2 Å². The van der Waals surface area contributed by atoms with Crippen LogP contribution in [0.3, 0.4) is 0 Å². The van der Waals surface area contributed by atoms with Crippen LogP contribution in [-0.2, 0) is 6.54 Å². The SMILES string of the molecule is N#Cc1cc(C(=O)O)cc(Cl)c1CN. The number of carboxylic acid groups (broad SMARTS) is 1. The monoisotopic (exact) mass is 210 g/mol. The Balaban J connectivity index is 3.41. The first-order valence-corrected chi connectivity index (χ1v) is 4.13. The normalized spacial score (nSPS) is 9.50. The Morgan fingerprint density at radius 2 is 2.29 bits per heavy atom. The number of rotatable bonds is 2. The second-order valence-electron chi connectivity index (χ2n) is 2.61. The predicted molar refractivity (Wildman–Crippen MR) is 51.0 cm³/mol. The van der Waals surface area contributed by atoms with Crippen LogP contribution in [-0.4, -0.2) is 11.1 Å². The number of nitriles is 1. The lowest BCUT2D eigenvalue weighted by molar-refractivity contribution is 0.0697. The van der Waals surface area contributed by atoms with Crippen LogP contribution in [0.5, 0.6) is 0 Å². The molecule has 0 unspecified atom stereocenters. The Morgan fingerprint density at radius 1 is 1.64 bits per heavy atom. The summed E-state index contributed by atoms with van der Waals surface area (Å²) in [4.78, 5) is 10.6. The van der Waals surface area contributed by atoms with Crippen molar-refractivity contribution in [2.24, 2.45) is 5.73 Å². The van der Waals surface area contributed by atoms with Crippen LogP contribution < -0.4 is 5.73 Å². The first kappa shape index (κ1) is 10.5. The zero-order chi connectivity index (χ0) is 10.7. The molecule has 4 nitrogen and oxygen atoms in total. The minimum absolute atomic E-state index is 0.0104. The van der Waals surface area contributed by atoms with Gasteiger partial charge in [0.2, 0.25) is 0 Å². The minimum atomic E-state index is -1.12. The summed E-state index contributed by atoms with van der Waals surface area (Å²) in [7, 11) is 0. The summed E-state index contributed by atoms with van der Waals surface area (Å²) in [6.45, 7) is 0.113. The molecule has 0 aliphatic carbocycles. The van der Waals surface area contributed by atoms with Gasteiger partial charge in [-0.25, -0.2) is 4.79 Å². The van der Waals surface area contributed by atoms with Crippen LogP contribution in [0.2, 0.25) is 5.02 Å². The molecule has 0 saturated carbocycles. The van der Waals surface area contributed by atoms with Crippen molar-refractivity contribution in [3.63, 3.8) is 0 Å². The number of nitrogens with two attached hydrogens (primary N) is 1. The number of carboxylic acids is 1. The highest BCUT2D eigenvalue weighted by Gasteiger charge is 2.11. The highest BCUT2D eigenvalue weighted by molar-refractivity contribution is 6.31. The number of carbonyl (C=O) groups is 1. The molecule has 0 bridgehead atoms. The van der Waals surface area contributed by atoms with E-state index in [1.807, 2.05) is 6.07 Å². The molecule has 1 rings (SSSR count). The Hall–Kier alpha value is -1.57. The molecule has 14 heavy (non-hydrogen) atoms. The molecule has 0 amide bonds.